The van der Waals surface area contributed by atoms with Crippen LogP contribution in [0.15, 0.2) is 33.0 Å². The van der Waals surface area contributed by atoms with E-state index in [1.807, 2.05) is 19.9 Å². The fraction of sp³-hybridized carbons (Fsp3) is 0.200. The summed E-state index contributed by atoms with van der Waals surface area (Å²) in [6, 6.07) is 1.84. The molecular formula is C10H11N3OS. The van der Waals surface area contributed by atoms with Gasteiger partial charge in [-0.2, -0.15) is 0 Å². The minimum absolute atomic E-state index is 0.614. The van der Waals surface area contributed by atoms with Crippen LogP contribution < -0.4 is 5.73 Å². The van der Waals surface area contributed by atoms with Crippen LogP contribution in [0.3, 0.4) is 0 Å². The Morgan fingerprint density at radius 1 is 1.40 bits per heavy atom. The number of aryl methyl sites for hydroxylation is 2. The van der Waals surface area contributed by atoms with Gasteiger partial charge in [-0.15, -0.1) is 0 Å². The number of hydrogen-bond donors (Lipinski definition) is 1. The summed E-state index contributed by atoms with van der Waals surface area (Å²) in [5.74, 6) is 0.838. The summed E-state index contributed by atoms with van der Waals surface area (Å²) in [5.41, 5.74) is 7.30. The number of nitrogen functional groups attached to an aromatic ring is 1. The third-order valence-electron chi connectivity index (χ3n) is 2.02. The maximum absolute atomic E-state index is 5.76. The summed E-state index contributed by atoms with van der Waals surface area (Å²) >= 11 is 1.41. The number of hydrogen-bond acceptors (Lipinski definition) is 5. The molecule has 2 aromatic rings. The van der Waals surface area contributed by atoms with Crippen LogP contribution in [0.25, 0.3) is 0 Å². The molecule has 0 bridgehead atoms. The Morgan fingerprint density at radius 3 is 2.80 bits per heavy atom. The summed E-state index contributed by atoms with van der Waals surface area (Å²) in [6.45, 7) is 3.81. The molecule has 0 fully saturated rings. The summed E-state index contributed by atoms with van der Waals surface area (Å²) < 4.78 is 5.45. The van der Waals surface area contributed by atoms with Gasteiger partial charge < -0.3 is 10.2 Å². The van der Waals surface area contributed by atoms with Gasteiger partial charge in [-0.3, -0.25) is 4.98 Å². The van der Waals surface area contributed by atoms with E-state index in [4.69, 9.17) is 10.2 Å². The van der Waals surface area contributed by atoms with E-state index in [0.29, 0.717) is 10.9 Å². The zero-order chi connectivity index (χ0) is 10.8. The molecule has 2 heterocycles. The lowest BCUT2D eigenvalue weighted by Gasteiger charge is -1.99. The second-order valence-corrected chi connectivity index (χ2v) is 4.13. The first-order valence-electron chi connectivity index (χ1n) is 4.48. The summed E-state index contributed by atoms with van der Waals surface area (Å²) in [7, 11) is 0. The molecule has 2 rings (SSSR count). The molecule has 0 amide bonds. The van der Waals surface area contributed by atoms with Crippen molar-refractivity contribution in [2.45, 2.75) is 24.0 Å². The third kappa shape index (κ3) is 2.12. The van der Waals surface area contributed by atoms with Crippen molar-refractivity contribution >= 4 is 17.4 Å². The topological polar surface area (TPSA) is 64.9 Å². The lowest BCUT2D eigenvalue weighted by Crippen LogP contribution is -1.88. The number of nitrogens with two attached hydrogens (primary N) is 1. The summed E-state index contributed by atoms with van der Waals surface area (Å²) in [6.07, 6.45) is 3.31. The SMILES string of the molecule is Cc1nc(Sc2ccncc2N)oc1C. The zero-order valence-electron chi connectivity index (χ0n) is 8.52. The Balaban J connectivity index is 2.26. The minimum atomic E-state index is 0.614. The van der Waals surface area contributed by atoms with Crippen molar-refractivity contribution in [1.29, 1.82) is 0 Å². The van der Waals surface area contributed by atoms with Gasteiger partial charge in [-0.1, -0.05) is 0 Å². The van der Waals surface area contributed by atoms with Gasteiger partial charge in [0.2, 0.25) is 0 Å². The molecule has 2 N–H and O–H groups in total. The molecule has 0 saturated carbocycles. The van der Waals surface area contributed by atoms with E-state index in [1.54, 1.807) is 12.4 Å². The standard InChI is InChI=1S/C10H11N3OS/c1-6-7(2)14-10(13-6)15-9-3-4-12-5-8(9)11/h3-5H,11H2,1-2H3. The molecule has 0 saturated heterocycles. The number of pyridine rings is 1. The maximum Gasteiger partial charge on any atom is 0.261 e. The first-order chi connectivity index (χ1) is 7.16. The van der Waals surface area contributed by atoms with Gasteiger partial charge >= 0.3 is 0 Å². The van der Waals surface area contributed by atoms with Crippen LogP contribution in [0.5, 0.6) is 0 Å². The Morgan fingerprint density at radius 2 is 2.20 bits per heavy atom. The largest absolute Gasteiger partial charge is 0.436 e. The van der Waals surface area contributed by atoms with Gasteiger partial charge in [-0.05, 0) is 31.7 Å². The normalized spacial score (nSPS) is 10.5. The zero-order valence-corrected chi connectivity index (χ0v) is 9.34. The molecular weight excluding hydrogens is 210 g/mol. The van der Waals surface area contributed by atoms with Crippen LogP contribution in [0.1, 0.15) is 11.5 Å². The van der Waals surface area contributed by atoms with Crippen molar-refractivity contribution in [1.82, 2.24) is 9.97 Å². The van der Waals surface area contributed by atoms with E-state index >= 15 is 0 Å². The van der Waals surface area contributed by atoms with Crippen molar-refractivity contribution in [2.75, 3.05) is 5.73 Å². The average molecular weight is 221 g/mol. The maximum atomic E-state index is 5.76. The monoisotopic (exact) mass is 221 g/mol. The second-order valence-electron chi connectivity index (χ2n) is 3.14. The molecule has 78 valence electrons. The highest BCUT2D eigenvalue weighted by atomic mass is 32.2. The van der Waals surface area contributed by atoms with E-state index in [0.717, 1.165) is 16.3 Å². The van der Waals surface area contributed by atoms with Crippen molar-refractivity contribution in [3.8, 4) is 0 Å². The highest BCUT2D eigenvalue weighted by Gasteiger charge is 2.08. The fourth-order valence-electron chi connectivity index (χ4n) is 1.07. The van der Waals surface area contributed by atoms with E-state index < -0.39 is 0 Å². The molecule has 0 atom stereocenters. The summed E-state index contributed by atoms with van der Waals surface area (Å²) in [5, 5.41) is 0.614. The molecule has 0 aliphatic carbocycles. The van der Waals surface area contributed by atoms with Gasteiger partial charge in [0.05, 0.1) is 17.6 Å². The predicted octanol–water partition coefficient (Wildman–Crippen LogP) is 2.42. The number of rotatable bonds is 2. The van der Waals surface area contributed by atoms with Gasteiger partial charge in [0.1, 0.15) is 5.76 Å². The van der Waals surface area contributed by atoms with Crippen molar-refractivity contribution in [3.63, 3.8) is 0 Å². The highest BCUT2D eigenvalue weighted by Crippen LogP contribution is 2.31. The smallest absolute Gasteiger partial charge is 0.261 e. The number of nitrogens with zero attached hydrogens (tertiary/aromatic N) is 2. The molecule has 4 nitrogen and oxygen atoms in total. The Bertz CT molecular complexity index is 462. The molecule has 0 aliphatic rings. The second kappa shape index (κ2) is 3.94. The van der Waals surface area contributed by atoms with Crippen molar-refractivity contribution < 1.29 is 4.42 Å². The molecule has 15 heavy (non-hydrogen) atoms. The number of anilines is 1. The molecule has 0 unspecified atom stereocenters. The fourth-order valence-corrected chi connectivity index (χ4v) is 1.90. The molecule has 0 aromatic carbocycles. The van der Waals surface area contributed by atoms with Crippen LogP contribution >= 0.6 is 11.8 Å². The number of aromatic nitrogens is 2. The van der Waals surface area contributed by atoms with Crippen LogP contribution in [0, 0.1) is 13.8 Å². The first-order valence-corrected chi connectivity index (χ1v) is 5.30. The molecule has 0 radical (unpaired) electrons. The van der Waals surface area contributed by atoms with E-state index in [9.17, 15) is 0 Å². The molecule has 0 aliphatic heterocycles. The lowest BCUT2D eigenvalue weighted by atomic mass is 10.4. The van der Waals surface area contributed by atoms with Gasteiger partial charge in [-0.25, -0.2) is 4.98 Å². The first kappa shape index (κ1) is 10.0. The molecule has 0 spiro atoms. The Kier molecular flexibility index (Phi) is 2.64. The van der Waals surface area contributed by atoms with E-state index in [1.165, 1.54) is 11.8 Å². The summed E-state index contributed by atoms with van der Waals surface area (Å²) in [4.78, 5) is 9.10. The average Bonchev–Trinajstić information content (AvgIpc) is 2.50. The molecule has 5 heteroatoms. The van der Waals surface area contributed by atoms with Crippen LogP contribution in [0.2, 0.25) is 0 Å². The van der Waals surface area contributed by atoms with Crippen molar-refractivity contribution in [3.05, 3.63) is 29.9 Å². The quantitative estimate of drug-likeness (QED) is 0.843. The third-order valence-corrected chi connectivity index (χ3v) is 2.96. The van der Waals surface area contributed by atoms with Gasteiger partial charge in [0.15, 0.2) is 0 Å². The van der Waals surface area contributed by atoms with Crippen molar-refractivity contribution in [2.24, 2.45) is 0 Å². The van der Waals surface area contributed by atoms with Crippen LogP contribution in [0.4, 0.5) is 5.69 Å². The highest BCUT2D eigenvalue weighted by molar-refractivity contribution is 7.99. The molecule has 2 aromatic heterocycles. The van der Waals surface area contributed by atoms with Gasteiger partial charge in [0, 0.05) is 11.1 Å². The lowest BCUT2D eigenvalue weighted by molar-refractivity contribution is 0.431. The Hall–Kier alpha value is -1.49. The Labute approximate surface area is 91.9 Å². The number of oxazole rings is 1. The predicted molar refractivity (Wildman–Crippen MR) is 58.7 cm³/mol. The van der Waals surface area contributed by atoms with Crippen LogP contribution in [-0.4, -0.2) is 9.97 Å². The van der Waals surface area contributed by atoms with E-state index in [2.05, 4.69) is 9.97 Å². The minimum Gasteiger partial charge on any atom is -0.436 e. The van der Waals surface area contributed by atoms with Crippen LogP contribution in [-0.2, 0) is 0 Å². The van der Waals surface area contributed by atoms with Gasteiger partial charge in [0.25, 0.3) is 5.22 Å². The van der Waals surface area contributed by atoms with E-state index in [-0.39, 0.29) is 0 Å².